The SMILES string of the molecule is COC(=O)c1c(-c2ccccc2)cc(=O)n2cc(C)ccc12. The van der Waals surface area contributed by atoms with Crippen LogP contribution in [0.15, 0.2) is 59.5 Å². The van der Waals surface area contributed by atoms with Crippen LogP contribution in [0, 0.1) is 6.92 Å². The number of aryl methyl sites for hydroxylation is 1. The number of carbonyl (C=O) groups excluding carboxylic acids is 1. The van der Waals surface area contributed by atoms with E-state index in [1.165, 1.54) is 17.6 Å². The highest BCUT2D eigenvalue weighted by atomic mass is 16.5. The summed E-state index contributed by atoms with van der Waals surface area (Å²) in [5.74, 6) is -0.458. The molecular weight excluding hydrogens is 278 g/mol. The van der Waals surface area contributed by atoms with Crippen LogP contribution in [-0.2, 0) is 4.74 Å². The number of hydrogen-bond acceptors (Lipinski definition) is 3. The second kappa shape index (κ2) is 5.48. The topological polar surface area (TPSA) is 47.8 Å². The van der Waals surface area contributed by atoms with Gasteiger partial charge in [-0.05, 0) is 24.1 Å². The van der Waals surface area contributed by atoms with Gasteiger partial charge in [0.25, 0.3) is 5.56 Å². The van der Waals surface area contributed by atoms with Gasteiger partial charge in [0.2, 0.25) is 0 Å². The van der Waals surface area contributed by atoms with Crippen LogP contribution in [0.3, 0.4) is 0 Å². The summed E-state index contributed by atoms with van der Waals surface area (Å²) in [7, 11) is 1.34. The van der Waals surface area contributed by atoms with Gasteiger partial charge in [-0.25, -0.2) is 4.79 Å². The molecule has 0 saturated heterocycles. The molecule has 0 fully saturated rings. The highest BCUT2D eigenvalue weighted by Gasteiger charge is 2.19. The lowest BCUT2D eigenvalue weighted by Crippen LogP contribution is -2.18. The lowest BCUT2D eigenvalue weighted by molar-refractivity contribution is 0.0603. The minimum Gasteiger partial charge on any atom is -0.465 e. The highest BCUT2D eigenvalue weighted by molar-refractivity contribution is 6.03. The third kappa shape index (κ3) is 2.29. The summed E-state index contributed by atoms with van der Waals surface area (Å²) in [5, 5.41) is 0. The van der Waals surface area contributed by atoms with Crippen LogP contribution in [0.2, 0.25) is 0 Å². The van der Waals surface area contributed by atoms with Crippen molar-refractivity contribution < 1.29 is 9.53 Å². The molecule has 22 heavy (non-hydrogen) atoms. The maximum Gasteiger partial charge on any atom is 0.340 e. The van der Waals surface area contributed by atoms with Crippen molar-refractivity contribution in [3.8, 4) is 11.1 Å². The van der Waals surface area contributed by atoms with Crippen molar-refractivity contribution in [2.24, 2.45) is 0 Å². The molecule has 1 aromatic carbocycles. The molecule has 3 aromatic rings. The number of rotatable bonds is 2. The minimum atomic E-state index is -0.458. The Balaban J connectivity index is 2.45. The molecule has 0 atom stereocenters. The number of nitrogens with zero attached hydrogens (tertiary/aromatic N) is 1. The Bertz CT molecular complexity index is 911. The average Bonchev–Trinajstić information content (AvgIpc) is 2.55. The largest absolute Gasteiger partial charge is 0.465 e. The smallest absolute Gasteiger partial charge is 0.340 e. The Morgan fingerprint density at radius 1 is 1.09 bits per heavy atom. The summed E-state index contributed by atoms with van der Waals surface area (Å²) in [5.41, 5.74) is 3.10. The van der Waals surface area contributed by atoms with E-state index in [2.05, 4.69) is 0 Å². The molecule has 0 N–H and O–H groups in total. The van der Waals surface area contributed by atoms with E-state index in [1.54, 1.807) is 12.3 Å². The number of aromatic nitrogens is 1. The molecule has 0 bridgehead atoms. The van der Waals surface area contributed by atoms with Crippen LogP contribution in [0.4, 0.5) is 0 Å². The molecule has 0 unspecified atom stereocenters. The van der Waals surface area contributed by atoms with E-state index < -0.39 is 5.97 Å². The number of pyridine rings is 2. The van der Waals surface area contributed by atoms with Gasteiger partial charge >= 0.3 is 5.97 Å². The molecule has 110 valence electrons. The molecule has 0 aliphatic carbocycles. The Kier molecular flexibility index (Phi) is 3.51. The van der Waals surface area contributed by atoms with E-state index in [1.807, 2.05) is 43.3 Å². The first kappa shape index (κ1) is 14.1. The number of esters is 1. The molecule has 0 amide bonds. The zero-order chi connectivity index (χ0) is 15.7. The van der Waals surface area contributed by atoms with E-state index >= 15 is 0 Å². The predicted molar refractivity (Wildman–Crippen MR) is 85.2 cm³/mol. The van der Waals surface area contributed by atoms with Gasteiger partial charge in [-0.2, -0.15) is 0 Å². The van der Waals surface area contributed by atoms with E-state index in [9.17, 15) is 9.59 Å². The number of ether oxygens (including phenoxy) is 1. The Morgan fingerprint density at radius 2 is 1.82 bits per heavy atom. The van der Waals surface area contributed by atoms with Crippen molar-refractivity contribution in [1.82, 2.24) is 4.40 Å². The van der Waals surface area contributed by atoms with Gasteiger partial charge in [-0.1, -0.05) is 36.4 Å². The first-order valence-corrected chi connectivity index (χ1v) is 6.91. The second-order valence-electron chi connectivity index (χ2n) is 5.09. The van der Waals surface area contributed by atoms with Gasteiger partial charge < -0.3 is 4.74 Å². The van der Waals surface area contributed by atoms with Gasteiger partial charge in [-0.15, -0.1) is 0 Å². The summed E-state index contributed by atoms with van der Waals surface area (Å²) < 4.78 is 6.40. The Hall–Kier alpha value is -2.88. The fourth-order valence-corrected chi connectivity index (χ4v) is 2.56. The average molecular weight is 293 g/mol. The van der Waals surface area contributed by atoms with Crippen LogP contribution >= 0.6 is 0 Å². The van der Waals surface area contributed by atoms with E-state index in [0.717, 1.165) is 11.1 Å². The highest BCUT2D eigenvalue weighted by Crippen LogP contribution is 2.26. The number of fused-ring (bicyclic) bond motifs is 1. The zero-order valence-electron chi connectivity index (χ0n) is 12.4. The van der Waals surface area contributed by atoms with Crippen LogP contribution < -0.4 is 5.56 Å². The van der Waals surface area contributed by atoms with Gasteiger partial charge in [0.15, 0.2) is 0 Å². The molecule has 0 radical (unpaired) electrons. The number of hydrogen-bond donors (Lipinski definition) is 0. The summed E-state index contributed by atoms with van der Waals surface area (Å²) in [4.78, 5) is 24.7. The van der Waals surface area contributed by atoms with Crippen molar-refractivity contribution in [3.05, 3.63) is 76.2 Å². The zero-order valence-corrected chi connectivity index (χ0v) is 12.4. The Morgan fingerprint density at radius 3 is 2.50 bits per heavy atom. The summed E-state index contributed by atoms with van der Waals surface area (Å²) in [6, 6.07) is 14.5. The van der Waals surface area contributed by atoms with E-state index in [4.69, 9.17) is 4.74 Å². The lowest BCUT2D eigenvalue weighted by Gasteiger charge is -2.12. The molecular formula is C18H15NO3. The summed E-state index contributed by atoms with van der Waals surface area (Å²) in [6.45, 7) is 1.90. The van der Waals surface area contributed by atoms with Crippen molar-refractivity contribution >= 4 is 11.5 Å². The fourth-order valence-electron chi connectivity index (χ4n) is 2.56. The molecule has 4 nitrogen and oxygen atoms in total. The molecule has 0 aliphatic rings. The van der Waals surface area contributed by atoms with E-state index in [0.29, 0.717) is 16.6 Å². The molecule has 0 saturated carbocycles. The minimum absolute atomic E-state index is 0.176. The monoisotopic (exact) mass is 293 g/mol. The molecule has 0 spiro atoms. The van der Waals surface area contributed by atoms with E-state index in [-0.39, 0.29) is 5.56 Å². The first-order chi connectivity index (χ1) is 10.6. The van der Waals surface area contributed by atoms with Gasteiger partial charge in [0.05, 0.1) is 18.2 Å². The van der Waals surface area contributed by atoms with Gasteiger partial charge in [0.1, 0.15) is 0 Å². The van der Waals surface area contributed by atoms with Crippen molar-refractivity contribution in [3.63, 3.8) is 0 Å². The molecule has 2 heterocycles. The summed E-state index contributed by atoms with van der Waals surface area (Å²) in [6.07, 6.45) is 1.72. The van der Waals surface area contributed by atoms with Crippen molar-refractivity contribution in [1.29, 1.82) is 0 Å². The maximum atomic E-state index is 12.4. The fraction of sp³-hybridized carbons (Fsp3) is 0.111. The Labute approximate surface area is 127 Å². The van der Waals surface area contributed by atoms with Crippen molar-refractivity contribution in [2.45, 2.75) is 6.92 Å². The van der Waals surface area contributed by atoms with Crippen LogP contribution in [-0.4, -0.2) is 17.5 Å². The van der Waals surface area contributed by atoms with Gasteiger partial charge in [0, 0.05) is 17.8 Å². The number of benzene rings is 1. The van der Waals surface area contributed by atoms with Crippen LogP contribution in [0.25, 0.3) is 16.6 Å². The summed E-state index contributed by atoms with van der Waals surface area (Å²) >= 11 is 0. The molecule has 4 heteroatoms. The molecule has 0 aliphatic heterocycles. The maximum absolute atomic E-state index is 12.4. The third-order valence-electron chi connectivity index (χ3n) is 3.60. The van der Waals surface area contributed by atoms with Crippen LogP contribution in [0.1, 0.15) is 15.9 Å². The molecule has 2 aromatic heterocycles. The third-order valence-corrected chi connectivity index (χ3v) is 3.60. The lowest BCUT2D eigenvalue weighted by atomic mass is 9.99. The quantitative estimate of drug-likeness (QED) is 0.682. The second-order valence-corrected chi connectivity index (χ2v) is 5.09. The first-order valence-electron chi connectivity index (χ1n) is 6.91. The standard InChI is InChI=1S/C18H15NO3/c1-12-8-9-15-17(18(21)22-2)14(10-16(20)19(15)11-12)13-6-4-3-5-7-13/h3-11H,1-2H3. The number of methoxy groups -OCH3 is 1. The molecule has 3 rings (SSSR count). The predicted octanol–water partition coefficient (Wildman–Crippen LogP) is 3.06. The normalized spacial score (nSPS) is 10.6. The van der Waals surface area contributed by atoms with Crippen LogP contribution in [0.5, 0.6) is 0 Å². The van der Waals surface area contributed by atoms with Gasteiger partial charge in [-0.3, -0.25) is 9.20 Å². The number of carbonyl (C=O) groups is 1. The van der Waals surface area contributed by atoms with Crippen molar-refractivity contribution in [2.75, 3.05) is 7.11 Å².